The molecule has 3 rings (SSSR count). The Bertz CT molecular complexity index is 721. The molecule has 0 radical (unpaired) electrons. The standard InChI is InChI=1S/C17H25N7O/c1-13-12-15(21(3)4)20-17(19-13)23-10-8-22(9-11-23)16(25)14(2)24-7-5-6-18-24/h5-7,12,14H,8-11H2,1-4H3. The fourth-order valence-corrected chi connectivity index (χ4v) is 2.92. The highest BCUT2D eigenvalue weighted by atomic mass is 16.2. The van der Waals surface area contributed by atoms with Crippen molar-refractivity contribution in [2.24, 2.45) is 0 Å². The van der Waals surface area contributed by atoms with Gasteiger partial charge >= 0.3 is 0 Å². The maximum absolute atomic E-state index is 12.6. The van der Waals surface area contributed by atoms with Gasteiger partial charge in [0.2, 0.25) is 11.9 Å². The van der Waals surface area contributed by atoms with Crippen molar-refractivity contribution in [2.45, 2.75) is 19.9 Å². The molecule has 0 aliphatic carbocycles. The Morgan fingerprint density at radius 3 is 2.52 bits per heavy atom. The van der Waals surface area contributed by atoms with Gasteiger partial charge in [-0.1, -0.05) is 0 Å². The quantitative estimate of drug-likeness (QED) is 0.823. The Morgan fingerprint density at radius 1 is 1.20 bits per heavy atom. The molecule has 0 aromatic carbocycles. The zero-order valence-electron chi connectivity index (χ0n) is 15.3. The molecule has 2 aromatic heterocycles. The van der Waals surface area contributed by atoms with Crippen molar-refractivity contribution in [3.8, 4) is 0 Å². The second-order valence-corrected chi connectivity index (χ2v) is 6.54. The molecule has 8 heteroatoms. The van der Waals surface area contributed by atoms with Crippen molar-refractivity contribution in [3.05, 3.63) is 30.2 Å². The molecule has 0 bridgehead atoms. The van der Waals surface area contributed by atoms with Crippen molar-refractivity contribution < 1.29 is 4.79 Å². The lowest BCUT2D eigenvalue weighted by molar-refractivity contribution is -0.134. The van der Waals surface area contributed by atoms with Gasteiger partial charge in [-0.05, 0) is 19.9 Å². The number of nitrogens with zero attached hydrogens (tertiary/aromatic N) is 7. The number of rotatable bonds is 4. The lowest BCUT2D eigenvalue weighted by Gasteiger charge is -2.36. The minimum atomic E-state index is -0.280. The van der Waals surface area contributed by atoms with Crippen molar-refractivity contribution in [1.82, 2.24) is 24.6 Å². The first kappa shape index (κ1) is 17.2. The highest BCUT2D eigenvalue weighted by Crippen LogP contribution is 2.18. The molecule has 25 heavy (non-hydrogen) atoms. The number of hydrogen-bond acceptors (Lipinski definition) is 6. The molecule has 134 valence electrons. The molecule has 1 saturated heterocycles. The van der Waals surface area contributed by atoms with Gasteiger partial charge in [0.25, 0.3) is 0 Å². The molecule has 1 fully saturated rings. The summed E-state index contributed by atoms with van der Waals surface area (Å²) < 4.78 is 1.70. The van der Waals surface area contributed by atoms with Gasteiger partial charge < -0.3 is 14.7 Å². The highest BCUT2D eigenvalue weighted by Gasteiger charge is 2.27. The first-order chi connectivity index (χ1) is 12.0. The fourth-order valence-electron chi connectivity index (χ4n) is 2.92. The number of aromatic nitrogens is 4. The number of carbonyl (C=O) groups excluding carboxylic acids is 1. The number of anilines is 2. The third kappa shape index (κ3) is 3.72. The minimum Gasteiger partial charge on any atom is -0.363 e. The molecule has 1 atom stereocenters. The van der Waals surface area contributed by atoms with Crippen LogP contribution in [0.25, 0.3) is 0 Å². The predicted molar refractivity (Wildman–Crippen MR) is 96.8 cm³/mol. The van der Waals surface area contributed by atoms with Crippen LogP contribution in [0.4, 0.5) is 11.8 Å². The van der Waals surface area contributed by atoms with E-state index in [1.807, 2.05) is 56.1 Å². The average molecular weight is 343 g/mol. The maximum atomic E-state index is 12.6. The average Bonchev–Trinajstić information content (AvgIpc) is 3.14. The molecule has 3 heterocycles. The van der Waals surface area contributed by atoms with E-state index in [0.29, 0.717) is 13.1 Å². The van der Waals surface area contributed by atoms with Crippen LogP contribution in [-0.2, 0) is 4.79 Å². The molecule has 1 aliphatic heterocycles. The predicted octanol–water partition coefficient (Wildman–Crippen LogP) is 0.957. The van der Waals surface area contributed by atoms with Gasteiger partial charge in [-0.25, -0.2) is 4.98 Å². The van der Waals surface area contributed by atoms with E-state index in [2.05, 4.69) is 20.0 Å². The third-order valence-electron chi connectivity index (χ3n) is 4.44. The number of carbonyl (C=O) groups is 1. The smallest absolute Gasteiger partial charge is 0.247 e. The molecule has 0 spiro atoms. The first-order valence-electron chi connectivity index (χ1n) is 8.51. The van der Waals surface area contributed by atoms with E-state index in [9.17, 15) is 4.79 Å². The van der Waals surface area contributed by atoms with Crippen LogP contribution < -0.4 is 9.80 Å². The van der Waals surface area contributed by atoms with Gasteiger partial charge in [-0.15, -0.1) is 0 Å². The van der Waals surface area contributed by atoms with Crippen LogP contribution in [0, 0.1) is 6.92 Å². The van der Waals surface area contributed by atoms with Crippen molar-refractivity contribution >= 4 is 17.7 Å². The lowest BCUT2D eigenvalue weighted by Crippen LogP contribution is -2.50. The Balaban J connectivity index is 1.65. The van der Waals surface area contributed by atoms with Crippen LogP contribution in [0.2, 0.25) is 0 Å². The molecule has 2 aromatic rings. The van der Waals surface area contributed by atoms with Crippen LogP contribution in [0.5, 0.6) is 0 Å². The molecule has 1 unspecified atom stereocenters. The zero-order valence-corrected chi connectivity index (χ0v) is 15.3. The summed E-state index contributed by atoms with van der Waals surface area (Å²) in [5, 5.41) is 4.16. The van der Waals surface area contributed by atoms with Crippen LogP contribution >= 0.6 is 0 Å². The number of hydrogen-bond donors (Lipinski definition) is 0. The topological polar surface area (TPSA) is 70.4 Å². The van der Waals surface area contributed by atoms with Gasteiger partial charge in [-0.3, -0.25) is 9.48 Å². The zero-order chi connectivity index (χ0) is 18.0. The summed E-state index contributed by atoms with van der Waals surface area (Å²) in [6, 6.07) is 3.52. The molecular weight excluding hydrogens is 318 g/mol. The molecule has 0 N–H and O–H groups in total. The number of amides is 1. The molecular formula is C17H25N7O. The summed E-state index contributed by atoms with van der Waals surface area (Å²) in [5.74, 6) is 1.73. The summed E-state index contributed by atoms with van der Waals surface area (Å²) >= 11 is 0. The molecule has 1 amide bonds. The Labute approximate surface area is 148 Å². The van der Waals surface area contributed by atoms with Crippen LogP contribution in [0.1, 0.15) is 18.7 Å². The SMILES string of the molecule is Cc1cc(N(C)C)nc(N2CCN(C(=O)C(C)n3cccn3)CC2)n1. The van der Waals surface area contributed by atoms with E-state index in [1.165, 1.54) is 0 Å². The fraction of sp³-hybridized carbons (Fsp3) is 0.529. The van der Waals surface area contributed by atoms with Crippen molar-refractivity contribution in [2.75, 3.05) is 50.1 Å². The van der Waals surface area contributed by atoms with E-state index < -0.39 is 0 Å². The van der Waals surface area contributed by atoms with Crippen LogP contribution in [0.3, 0.4) is 0 Å². The van der Waals surface area contributed by atoms with E-state index >= 15 is 0 Å². The second kappa shape index (κ2) is 7.08. The van der Waals surface area contributed by atoms with Gasteiger partial charge in [0.05, 0.1) is 0 Å². The highest BCUT2D eigenvalue weighted by molar-refractivity contribution is 5.80. The Morgan fingerprint density at radius 2 is 1.92 bits per heavy atom. The van der Waals surface area contributed by atoms with Gasteiger partial charge in [0.15, 0.2) is 0 Å². The summed E-state index contributed by atoms with van der Waals surface area (Å²) in [5.41, 5.74) is 0.944. The first-order valence-corrected chi connectivity index (χ1v) is 8.51. The Hall–Kier alpha value is -2.64. The maximum Gasteiger partial charge on any atom is 0.247 e. The normalized spacial score (nSPS) is 16.0. The molecule has 8 nitrogen and oxygen atoms in total. The van der Waals surface area contributed by atoms with Crippen molar-refractivity contribution in [3.63, 3.8) is 0 Å². The van der Waals surface area contributed by atoms with E-state index in [-0.39, 0.29) is 11.9 Å². The summed E-state index contributed by atoms with van der Waals surface area (Å²) in [4.78, 5) is 27.8. The number of piperazine rings is 1. The Kier molecular flexibility index (Phi) is 4.87. The number of aryl methyl sites for hydroxylation is 1. The minimum absolute atomic E-state index is 0.0995. The lowest BCUT2D eigenvalue weighted by atomic mass is 10.2. The van der Waals surface area contributed by atoms with E-state index in [4.69, 9.17) is 0 Å². The van der Waals surface area contributed by atoms with E-state index in [1.54, 1.807) is 10.9 Å². The largest absolute Gasteiger partial charge is 0.363 e. The van der Waals surface area contributed by atoms with E-state index in [0.717, 1.165) is 30.5 Å². The summed E-state index contributed by atoms with van der Waals surface area (Å²) in [7, 11) is 3.94. The molecule has 1 aliphatic rings. The van der Waals surface area contributed by atoms with Gasteiger partial charge in [-0.2, -0.15) is 10.1 Å². The van der Waals surface area contributed by atoms with Crippen molar-refractivity contribution in [1.29, 1.82) is 0 Å². The van der Waals surface area contributed by atoms with Gasteiger partial charge in [0, 0.05) is 64.4 Å². The van der Waals surface area contributed by atoms with Crippen LogP contribution in [0.15, 0.2) is 24.5 Å². The van der Waals surface area contributed by atoms with Gasteiger partial charge in [0.1, 0.15) is 11.9 Å². The third-order valence-corrected chi connectivity index (χ3v) is 4.44. The summed E-state index contributed by atoms with van der Waals surface area (Å²) in [6.07, 6.45) is 3.52. The monoisotopic (exact) mass is 343 g/mol. The molecule has 0 saturated carbocycles. The second-order valence-electron chi connectivity index (χ2n) is 6.54. The summed E-state index contributed by atoms with van der Waals surface area (Å²) in [6.45, 7) is 6.65. The van der Waals surface area contributed by atoms with Crippen LogP contribution in [-0.4, -0.2) is 70.8 Å².